The lowest BCUT2D eigenvalue weighted by molar-refractivity contribution is -0.154. The number of ether oxygens (including phenoxy) is 2. The molecule has 0 amide bonds. The van der Waals surface area contributed by atoms with Gasteiger partial charge >= 0.3 is 11.9 Å². The van der Waals surface area contributed by atoms with E-state index in [1.54, 1.807) is 0 Å². The minimum Gasteiger partial charge on any atom is -0.465 e. The van der Waals surface area contributed by atoms with Crippen molar-refractivity contribution in [3.05, 3.63) is 24.3 Å². The molecule has 0 fully saturated rings. The van der Waals surface area contributed by atoms with Crippen LogP contribution in [0.3, 0.4) is 0 Å². The zero-order chi connectivity index (χ0) is 31.3. The Kier molecular flexibility index (Phi) is 35.3. The van der Waals surface area contributed by atoms with Crippen LogP contribution in [0.4, 0.5) is 0 Å². The molecule has 0 unspecified atom stereocenters. The molecule has 0 rings (SSSR count). The molecule has 0 N–H and O–H groups in total. The van der Waals surface area contributed by atoms with Crippen LogP contribution in [0, 0.1) is 0 Å². The number of allylic oxidation sites excluding steroid dienone is 4. The Morgan fingerprint density at radius 3 is 0.930 bits per heavy atom. The van der Waals surface area contributed by atoms with Gasteiger partial charge in [0.15, 0.2) is 0 Å². The molecule has 0 aliphatic rings. The number of carbonyl (C=O) groups is 2. The highest BCUT2D eigenvalue weighted by Crippen LogP contribution is 2.12. The Hall–Kier alpha value is -1.58. The Labute approximate surface area is 268 Å². The molecule has 0 aromatic carbocycles. The van der Waals surface area contributed by atoms with Gasteiger partial charge in [-0.2, -0.15) is 0 Å². The maximum Gasteiger partial charge on any atom is 0.317 e. The largest absolute Gasteiger partial charge is 0.465 e. The van der Waals surface area contributed by atoms with E-state index in [9.17, 15) is 9.59 Å². The van der Waals surface area contributed by atoms with E-state index >= 15 is 0 Å². The minimum absolute atomic E-state index is 0.265. The Bertz CT molecular complexity index is 585. The lowest BCUT2D eigenvalue weighted by Gasteiger charge is -2.06. The summed E-state index contributed by atoms with van der Waals surface area (Å²) in [6.07, 6.45) is 44.3. The summed E-state index contributed by atoms with van der Waals surface area (Å²) in [6, 6.07) is 0. The van der Waals surface area contributed by atoms with Gasteiger partial charge in [0, 0.05) is 0 Å². The van der Waals surface area contributed by atoms with Crippen LogP contribution in [0.2, 0.25) is 0 Å². The van der Waals surface area contributed by atoms with Gasteiger partial charge in [0.2, 0.25) is 0 Å². The predicted molar refractivity (Wildman–Crippen MR) is 185 cm³/mol. The van der Waals surface area contributed by atoms with Crippen LogP contribution in [0.15, 0.2) is 24.3 Å². The van der Waals surface area contributed by atoms with E-state index in [1.165, 1.54) is 154 Å². The summed E-state index contributed by atoms with van der Waals surface area (Å²) in [4.78, 5) is 23.7. The normalized spacial score (nSPS) is 11.6. The summed E-state index contributed by atoms with van der Waals surface area (Å²) < 4.78 is 10.4. The topological polar surface area (TPSA) is 52.6 Å². The van der Waals surface area contributed by atoms with Gasteiger partial charge in [-0.3, -0.25) is 9.59 Å². The van der Waals surface area contributed by atoms with Crippen molar-refractivity contribution in [2.45, 2.75) is 200 Å². The van der Waals surface area contributed by atoms with E-state index in [2.05, 4.69) is 38.2 Å². The minimum atomic E-state index is -0.459. The van der Waals surface area contributed by atoms with Gasteiger partial charge in [0.05, 0.1) is 13.2 Å². The van der Waals surface area contributed by atoms with Crippen molar-refractivity contribution in [2.24, 2.45) is 0 Å². The maximum absolute atomic E-state index is 11.9. The van der Waals surface area contributed by atoms with Crippen LogP contribution < -0.4 is 0 Å². The van der Waals surface area contributed by atoms with Gasteiger partial charge in [-0.15, -0.1) is 0 Å². The molecule has 252 valence electrons. The average molecular weight is 605 g/mol. The van der Waals surface area contributed by atoms with Gasteiger partial charge in [-0.25, -0.2) is 0 Å². The van der Waals surface area contributed by atoms with E-state index in [0.29, 0.717) is 13.2 Å². The summed E-state index contributed by atoms with van der Waals surface area (Å²) >= 11 is 0. The van der Waals surface area contributed by atoms with Crippen LogP contribution in [-0.2, 0) is 19.1 Å². The Morgan fingerprint density at radius 2 is 0.628 bits per heavy atom. The zero-order valence-corrected chi connectivity index (χ0v) is 28.9. The average Bonchev–Trinajstić information content (AvgIpc) is 3.00. The van der Waals surface area contributed by atoms with Crippen molar-refractivity contribution < 1.29 is 19.1 Å². The Balaban J connectivity index is 3.34. The number of carbonyl (C=O) groups excluding carboxylic acids is 2. The molecule has 0 saturated heterocycles. The highest BCUT2D eigenvalue weighted by Gasteiger charge is 2.11. The summed E-state index contributed by atoms with van der Waals surface area (Å²) in [5.74, 6) is -0.919. The second-order valence-electron chi connectivity index (χ2n) is 12.5. The lowest BCUT2D eigenvalue weighted by atomic mass is 10.1. The first-order valence-corrected chi connectivity index (χ1v) is 18.8. The van der Waals surface area contributed by atoms with Crippen LogP contribution in [0.1, 0.15) is 200 Å². The Morgan fingerprint density at radius 1 is 0.372 bits per heavy atom. The number of rotatable bonds is 34. The van der Waals surface area contributed by atoms with E-state index in [0.717, 1.165) is 25.7 Å². The highest BCUT2D eigenvalue weighted by atomic mass is 16.6. The van der Waals surface area contributed by atoms with E-state index < -0.39 is 11.9 Å². The quantitative estimate of drug-likeness (QED) is 0.0317. The van der Waals surface area contributed by atoms with Crippen molar-refractivity contribution in [1.82, 2.24) is 0 Å². The van der Waals surface area contributed by atoms with Crippen molar-refractivity contribution in [3.8, 4) is 0 Å². The second kappa shape index (κ2) is 36.6. The first kappa shape index (κ1) is 41.4. The second-order valence-corrected chi connectivity index (χ2v) is 12.5. The molecule has 0 spiro atoms. The summed E-state index contributed by atoms with van der Waals surface area (Å²) in [5.41, 5.74) is 0. The molecule has 0 radical (unpaired) electrons. The van der Waals surface area contributed by atoms with Gasteiger partial charge in [0.25, 0.3) is 0 Å². The first-order valence-electron chi connectivity index (χ1n) is 18.8. The third-order valence-corrected chi connectivity index (χ3v) is 8.13. The van der Waals surface area contributed by atoms with Crippen LogP contribution in [0.5, 0.6) is 0 Å². The standard InChI is InChI=1S/C39H72O4/c1-3-5-7-9-11-13-15-17-19-21-23-25-27-29-31-33-35-42-38(40)37-39(41)43-36-34-32-30-28-26-24-22-20-18-16-14-12-10-8-6-4-2/h17-20H,3-16,21-37H2,1-2H3/b19-17-,20-18-. The number of hydrogen-bond donors (Lipinski definition) is 0. The third-order valence-electron chi connectivity index (χ3n) is 8.13. The molecular weight excluding hydrogens is 532 g/mol. The first-order chi connectivity index (χ1) is 21.2. The fourth-order valence-corrected chi connectivity index (χ4v) is 5.29. The molecule has 0 bridgehead atoms. The molecule has 4 nitrogen and oxygen atoms in total. The maximum atomic E-state index is 11.9. The summed E-state index contributed by atoms with van der Waals surface area (Å²) in [5, 5.41) is 0. The molecule has 0 aromatic heterocycles. The third kappa shape index (κ3) is 36.5. The molecule has 0 atom stereocenters. The predicted octanol–water partition coefficient (Wildman–Crippen LogP) is 12.5. The van der Waals surface area contributed by atoms with Gasteiger partial charge in [0.1, 0.15) is 6.42 Å². The number of unbranched alkanes of at least 4 members (excludes halogenated alkanes) is 24. The highest BCUT2D eigenvalue weighted by molar-refractivity contribution is 5.91. The van der Waals surface area contributed by atoms with E-state index in [-0.39, 0.29) is 6.42 Å². The van der Waals surface area contributed by atoms with Crippen molar-refractivity contribution in [2.75, 3.05) is 13.2 Å². The summed E-state index contributed by atoms with van der Waals surface area (Å²) in [6.45, 7) is 5.34. The smallest absolute Gasteiger partial charge is 0.317 e. The zero-order valence-electron chi connectivity index (χ0n) is 28.9. The molecule has 0 heterocycles. The molecule has 0 saturated carbocycles. The monoisotopic (exact) mass is 605 g/mol. The van der Waals surface area contributed by atoms with Gasteiger partial charge in [-0.05, 0) is 64.2 Å². The molecule has 0 aromatic rings. The van der Waals surface area contributed by atoms with E-state index in [4.69, 9.17) is 9.47 Å². The summed E-state index contributed by atoms with van der Waals surface area (Å²) in [7, 11) is 0. The van der Waals surface area contributed by atoms with Crippen molar-refractivity contribution in [3.63, 3.8) is 0 Å². The lowest BCUT2D eigenvalue weighted by Crippen LogP contribution is -2.15. The number of hydrogen-bond acceptors (Lipinski definition) is 4. The SMILES string of the molecule is CCCCCCCC/C=C\CCCCCCCCOC(=O)CC(=O)OCCCCCCCC/C=C\CCCCCCCC. The number of esters is 2. The van der Waals surface area contributed by atoms with Crippen LogP contribution in [-0.4, -0.2) is 25.2 Å². The molecule has 4 heteroatoms. The van der Waals surface area contributed by atoms with Gasteiger partial charge < -0.3 is 9.47 Å². The molecule has 43 heavy (non-hydrogen) atoms. The van der Waals surface area contributed by atoms with Crippen LogP contribution >= 0.6 is 0 Å². The van der Waals surface area contributed by atoms with Crippen molar-refractivity contribution >= 4 is 11.9 Å². The fourth-order valence-electron chi connectivity index (χ4n) is 5.29. The van der Waals surface area contributed by atoms with E-state index in [1.807, 2.05) is 0 Å². The molecule has 0 aliphatic carbocycles. The fraction of sp³-hybridized carbons (Fsp3) is 0.846. The van der Waals surface area contributed by atoms with Gasteiger partial charge in [-0.1, -0.05) is 154 Å². The van der Waals surface area contributed by atoms with Crippen LogP contribution in [0.25, 0.3) is 0 Å². The van der Waals surface area contributed by atoms with Crippen molar-refractivity contribution in [1.29, 1.82) is 0 Å². The molecular formula is C39H72O4. The molecule has 0 aliphatic heterocycles.